The normalized spacial score (nSPS) is 12.2. The van der Waals surface area contributed by atoms with E-state index in [-0.39, 0.29) is 0 Å². The van der Waals surface area contributed by atoms with Crippen LogP contribution in [0, 0.1) is 6.92 Å². The third-order valence-corrected chi connectivity index (χ3v) is 2.63. The first-order valence-corrected chi connectivity index (χ1v) is 5.65. The molecule has 0 aliphatic carbocycles. The van der Waals surface area contributed by atoms with Crippen LogP contribution in [0.4, 0.5) is 0 Å². The minimum absolute atomic E-state index is 0.472. The molecular formula is C14H21NO. The van der Waals surface area contributed by atoms with E-state index >= 15 is 0 Å². The van der Waals surface area contributed by atoms with Gasteiger partial charge in [0.15, 0.2) is 0 Å². The maximum Gasteiger partial charge on any atom is 0.121 e. The zero-order valence-electron chi connectivity index (χ0n) is 10.4. The van der Waals surface area contributed by atoms with Crippen LogP contribution in [-0.4, -0.2) is 13.2 Å². The Kier molecular flexibility index (Phi) is 5.06. The molecule has 0 aliphatic heterocycles. The third-order valence-electron chi connectivity index (χ3n) is 2.63. The number of methoxy groups -OCH3 is 1. The Balaban J connectivity index is 2.54. The van der Waals surface area contributed by atoms with Gasteiger partial charge in [0.25, 0.3) is 0 Å². The molecule has 1 aromatic rings. The number of hydrogen-bond donors (Lipinski definition) is 1. The summed E-state index contributed by atoms with van der Waals surface area (Å²) in [5.74, 6) is 0.947. The van der Waals surface area contributed by atoms with Gasteiger partial charge in [0.1, 0.15) is 5.75 Å². The van der Waals surface area contributed by atoms with Crippen molar-refractivity contribution in [1.29, 1.82) is 0 Å². The molecule has 0 fully saturated rings. The average Bonchev–Trinajstić information content (AvgIpc) is 2.27. The lowest BCUT2D eigenvalue weighted by atomic mass is 10.1. The summed E-state index contributed by atoms with van der Waals surface area (Å²) in [6.45, 7) is 8.85. The highest BCUT2D eigenvalue weighted by Crippen LogP contribution is 2.18. The highest BCUT2D eigenvalue weighted by atomic mass is 16.5. The number of hydrogen-bond acceptors (Lipinski definition) is 2. The van der Waals surface area contributed by atoms with Gasteiger partial charge in [-0.15, -0.1) is 6.58 Å². The van der Waals surface area contributed by atoms with Crippen LogP contribution in [0.2, 0.25) is 0 Å². The fraction of sp³-hybridized carbons (Fsp3) is 0.429. The first-order chi connectivity index (χ1) is 7.67. The molecule has 1 rings (SSSR count). The summed E-state index contributed by atoms with van der Waals surface area (Å²) < 4.78 is 5.23. The summed E-state index contributed by atoms with van der Waals surface area (Å²) in [5.41, 5.74) is 2.47. The van der Waals surface area contributed by atoms with Gasteiger partial charge in [-0.05, 0) is 37.5 Å². The zero-order valence-corrected chi connectivity index (χ0v) is 10.4. The Bertz CT molecular complexity index is 347. The van der Waals surface area contributed by atoms with Gasteiger partial charge >= 0.3 is 0 Å². The quantitative estimate of drug-likeness (QED) is 0.742. The van der Waals surface area contributed by atoms with Gasteiger partial charge in [-0.1, -0.05) is 18.2 Å². The van der Waals surface area contributed by atoms with Crippen LogP contribution in [0.5, 0.6) is 5.75 Å². The second kappa shape index (κ2) is 6.33. The molecule has 0 heterocycles. The fourth-order valence-corrected chi connectivity index (χ4v) is 1.68. The molecule has 2 heteroatoms. The van der Waals surface area contributed by atoms with Crippen LogP contribution in [0.25, 0.3) is 0 Å². The predicted molar refractivity (Wildman–Crippen MR) is 68.8 cm³/mol. The molecule has 0 saturated heterocycles. The fourth-order valence-electron chi connectivity index (χ4n) is 1.68. The van der Waals surface area contributed by atoms with E-state index in [1.807, 2.05) is 12.1 Å². The average molecular weight is 219 g/mol. The van der Waals surface area contributed by atoms with Gasteiger partial charge in [0.05, 0.1) is 7.11 Å². The van der Waals surface area contributed by atoms with Crippen molar-refractivity contribution in [3.63, 3.8) is 0 Å². The molecule has 0 amide bonds. The second-order valence-electron chi connectivity index (χ2n) is 4.11. The van der Waals surface area contributed by atoms with Crippen molar-refractivity contribution in [3.8, 4) is 5.75 Å². The summed E-state index contributed by atoms with van der Waals surface area (Å²) in [6, 6.07) is 6.75. The van der Waals surface area contributed by atoms with E-state index in [0.29, 0.717) is 6.04 Å². The minimum Gasteiger partial charge on any atom is -0.496 e. The summed E-state index contributed by atoms with van der Waals surface area (Å²) >= 11 is 0. The number of ether oxygens (including phenoxy) is 1. The van der Waals surface area contributed by atoms with E-state index < -0.39 is 0 Å². The van der Waals surface area contributed by atoms with Crippen molar-refractivity contribution >= 4 is 0 Å². The molecule has 1 aromatic carbocycles. The van der Waals surface area contributed by atoms with Crippen molar-refractivity contribution in [1.82, 2.24) is 5.32 Å². The molecule has 0 aliphatic rings. The highest BCUT2D eigenvalue weighted by molar-refractivity contribution is 5.36. The van der Waals surface area contributed by atoms with Crippen molar-refractivity contribution in [2.45, 2.75) is 32.9 Å². The van der Waals surface area contributed by atoms with E-state index in [9.17, 15) is 0 Å². The molecule has 16 heavy (non-hydrogen) atoms. The second-order valence-corrected chi connectivity index (χ2v) is 4.11. The number of rotatable bonds is 6. The molecule has 2 nitrogen and oxygen atoms in total. The van der Waals surface area contributed by atoms with Crippen LogP contribution in [-0.2, 0) is 6.54 Å². The molecular weight excluding hydrogens is 198 g/mol. The van der Waals surface area contributed by atoms with Crippen LogP contribution in [0.3, 0.4) is 0 Å². The highest BCUT2D eigenvalue weighted by Gasteiger charge is 2.02. The molecule has 1 N–H and O–H groups in total. The zero-order chi connectivity index (χ0) is 12.0. The molecule has 0 radical (unpaired) electrons. The monoisotopic (exact) mass is 219 g/mol. The maximum absolute atomic E-state index is 5.23. The summed E-state index contributed by atoms with van der Waals surface area (Å²) in [4.78, 5) is 0. The molecule has 88 valence electrons. The maximum atomic E-state index is 5.23. The van der Waals surface area contributed by atoms with Crippen LogP contribution in [0.15, 0.2) is 30.9 Å². The van der Waals surface area contributed by atoms with Gasteiger partial charge in [-0.25, -0.2) is 0 Å². The van der Waals surface area contributed by atoms with Gasteiger partial charge in [0, 0.05) is 12.6 Å². The van der Waals surface area contributed by atoms with Crippen LogP contribution >= 0.6 is 0 Å². The van der Waals surface area contributed by atoms with E-state index in [1.165, 1.54) is 11.1 Å². The smallest absolute Gasteiger partial charge is 0.121 e. The Labute approximate surface area is 98.3 Å². The number of benzene rings is 1. The van der Waals surface area contributed by atoms with Crippen LogP contribution in [0.1, 0.15) is 24.5 Å². The van der Waals surface area contributed by atoms with Gasteiger partial charge in [0.2, 0.25) is 0 Å². The van der Waals surface area contributed by atoms with E-state index in [2.05, 4.69) is 37.9 Å². The van der Waals surface area contributed by atoms with Gasteiger partial charge < -0.3 is 10.1 Å². The number of aryl methyl sites for hydroxylation is 1. The van der Waals surface area contributed by atoms with Gasteiger partial charge in [-0.2, -0.15) is 0 Å². The number of nitrogens with one attached hydrogen (secondary N) is 1. The molecule has 1 atom stereocenters. The van der Waals surface area contributed by atoms with Gasteiger partial charge in [-0.3, -0.25) is 0 Å². The first-order valence-electron chi connectivity index (χ1n) is 5.65. The minimum atomic E-state index is 0.472. The third kappa shape index (κ3) is 3.70. The Hall–Kier alpha value is -1.28. The largest absolute Gasteiger partial charge is 0.496 e. The summed E-state index contributed by atoms with van der Waals surface area (Å²) in [6.07, 6.45) is 2.94. The van der Waals surface area contributed by atoms with Crippen molar-refractivity contribution in [2.24, 2.45) is 0 Å². The summed E-state index contributed by atoms with van der Waals surface area (Å²) in [7, 11) is 1.70. The topological polar surface area (TPSA) is 21.3 Å². The molecule has 0 bridgehead atoms. The van der Waals surface area contributed by atoms with Crippen LogP contribution < -0.4 is 10.1 Å². The molecule has 0 spiro atoms. The van der Waals surface area contributed by atoms with Crippen molar-refractivity contribution in [3.05, 3.63) is 42.0 Å². The van der Waals surface area contributed by atoms with E-state index in [1.54, 1.807) is 7.11 Å². The molecule has 0 aromatic heterocycles. The van der Waals surface area contributed by atoms with Crippen molar-refractivity contribution in [2.75, 3.05) is 7.11 Å². The van der Waals surface area contributed by atoms with E-state index in [0.717, 1.165) is 18.7 Å². The molecule has 0 saturated carbocycles. The Morgan fingerprint density at radius 3 is 2.81 bits per heavy atom. The summed E-state index contributed by atoms with van der Waals surface area (Å²) in [5, 5.41) is 3.45. The lowest BCUT2D eigenvalue weighted by molar-refractivity contribution is 0.411. The van der Waals surface area contributed by atoms with Crippen molar-refractivity contribution < 1.29 is 4.74 Å². The Morgan fingerprint density at radius 2 is 2.25 bits per heavy atom. The van der Waals surface area contributed by atoms with E-state index in [4.69, 9.17) is 4.74 Å². The lowest BCUT2D eigenvalue weighted by Gasteiger charge is -2.12. The standard InChI is InChI=1S/C14H21NO/c1-5-6-12(3)15-10-13-7-8-14(16-4)11(2)9-13/h5,7-9,12,15H,1,6,10H2,2-4H3. The lowest BCUT2D eigenvalue weighted by Crippen LogP contribution is -2.24. The Morgan fingerprint density at radius 1 is 1.50 bits per heavy atom. The molecule has 1 unspecified atom stereocenters. The first kappa shape index (κ1) is 12.8. The predicted octanol–water partition coefficient (Wildman–Crippen LogP) is 3.06. The SMILES string of the molecule is C=CCC(C)NCc1ccc(OC)c(C)c1.